The van der Waals surface area contributed by atoms with Gasteiger partial charge in [0, 0.05) is 62.3 Å². The third-order valence-corrected chi connectivity index (χ3v) is 8.72. The van der Waals surface area contributed by atoms with Gasteiger partial charge in [0.2, 0.25) is 11.9 Å². The Kier molecular flexibility index (Phi) is 6.34. The minimum absolute atomic E-state index is 0.0445. The number of nitrogens with zero attached hydrogens (tertiary/aromatic N) is 5. The summed E-state index contributed by atoms with van der Waals surface area (Å²) in [5.74, 6) is -0.394. The second-order valence-electron chi connectivity index (χ2n) is 9.91. The molecule has 1 saturated heterocycles. The third kappa shape index (κ3) is 4.69. The molecule has 4 aromatic rings. The van der Waals surface area contributed by atoms with Gasteiger partial charge in [0.05, 0.1) is 11.8 Å². The van der Waals surface area contributed by atoms with Gasteiger partial charge in [-0.15, -0.1) is 11.3 Å². The van der Waals surface area contributed by atoms with Crippen molar-refractivity contribution >= 4 is 27.5 Å². The molecule has 6 rings (SSSR count). The van der Waals surface area contributed by atoms with Crippen LogP contribution in [0.2, 0.25) is 0 Å². The van der Waals surface area contributed by atoms with Crippen LogP contribution in [-0.4, -0.2) is 56.4 Å². The van der Waals surface area contributed by atoms with Crippen molar-refractivity contribution in [1.82, 2.24) is 24.3 Å². The Morgan fingerprint density at radius 2 is 1.95 bits per heavy atom. The molecule has 7 nitrogen and oxygen atoms in total. The lowest BCUT2D eigenvalue weighted by molar-refractivity contribution is -0.130. The molecule has 9 heteroatoms. The summed E-state index contributed by atoms with van der Waals surface area (Å²) in [6.45, 7) is 5.90. The quantitative estimate of drug-likeness (QED) is 0.382. The second kappa shape index (κ2) is 9.79. The first-order valence-corrected chi connectivity index (χ1v) is 13.5. The number of carbonyl (C=O) groups excluding carboxylic acids is 1. The number of halogens is 1. The van der Waals surface area contributed by atoms with Crippen molar-refractivity contribution in [2.75, 3.05) is 26.2 Å². The van der Waals surface area contributed by atoms with Crippen LogP contribution in [0, 0.1) is 5.95 Å². The molecule has 3 aromatic heterocycles. The first-order chi connectivity index (χ1) is 18.0. The van der Waals surface area contributed by atoms with E-state index in [0.717, 1.165) is 52.0 Å². The highest BCUT2D eigenvalue weighted by Crippen LogP contribution is 2.33. The summed E-state index contributed by atoms with van der Waals surface area (Å²) in [4.78, 5) is 38.2. The number of aryl methyl sites for hydroxylation is 1. The number of pyridine rings is 1. The molecule has 4 heterocycles. The Morgan fingerprint density at radius 1 is 1.11 bits per heavy atom. The predicted octanol–water partition coefficient (Wildman–Crippen LogP) is 4.05. The molecular formula is C28H28FN5O2S. The van der Waals surface area contributed by atoms with E-state index in [9.17, 15) is 14.0 Å². The number of amides is 1. The average Bonchev–Trinajstić information content (AvgIpc) is 3.34. The first kappa shape index (κ1) is 23.9. The number of carbonyl (C=O) groups is 1. The smallest absolute Gasteiger partial charge is 0.271 e. The molecule has 0 spiro atoms. The van der Waals surface area contributed by atoms with Gasteiger partial charge < -0.3 is 4.90 Å². The zero-order valence-corrected chi connectivity index (χ0v) is 21.5. The minimum Gasteiger partial charge on any atom is -0.340 e. The molecule has 0 radical (unpaired) electrons. The number of rotatable bonds is 4. The van der Waals surface area contributed by atoms with Crippen molar-refractivity contribution in [2.45, 2.75) is 38.8 Å². The molecule has 1 amide bonds. The van der Waals surface area contributed by atoms with Gasteiger partial charge in [-0.05, 0) is 54.2 Å². The Morgan fingerprint density at radius 3 is 2.73 bits per heavy atom. The molecular weight excluding hydrogens is 489 g/mol. The Balaban J connectivity index is 1.19. The molecule has 0 unspecified atom stereocenters. The maximum atomic E-state index is 14.2. The maximum Gasteiger partial charge on any atom is 0.271 e. The summed E-state index contributed by atoms with van der Waals surface area (Å²) in [6, 6.07) is 11.9. The minimum atomic E-state index is -0.545. The molecule has 1 aliphatic heterocycles. The highest BCUT2D eigenvalue weighted by molar-refractivity contribution is 7.22. The fraction of sp³-hybridized carbons (Fsp3) is 0.357. The third-order valence-electron chi connectivity index (χ3n) is 7.58. The Bertz CT molecular complexity index is 1540. The molecule has 2 aliphatic rings. The molecule has 0 N–H and O–H groups in total. The van der Waals surface area contributed by atoms with E-state index in [1.807, 2.05) is 4.90 Å². The fourth-order valence-corrected chi connectivity index (χ4v) is 6.55. The molecule has 37 heavy (non-hydrogen) atoms. The molecule has 1 fully saturated rings. The van der Waals surface area contributed by atoms with Crippen LogP contribution in [0.3, 0.4) is 0 Å². The van der Waals surface area contributed by atoms with Crippen LogP contribution in [-0.2, 0) is 24.2 Å². The number of aromatic nitrogens is 3. The van der Waals surface area contributed by atoms with Crippen LogP contribution in [0.4, 0.5) is 4.39 Å². The lowest BCUT2D eigenvalue weighted by atomic mass is 9.87. The zero-order valence-electron chi connectivity index (χ0n) is 20.7. The van der Waals surface area contributed by atoms with Crippen molar-refractivity contribution in [3.05, 3.63) is 81.9 Å². The van der Waals surface area contributed by atoms with Crippen molar-refractivity contribution < 1.29 is 9.18 Å². The highest BCUT2D eigenvalue weighted by Gasteiger charge is 2.24. The summed E-state index contributed by atoms with van der Waals surface area (Å²) in [5, 5.41) is 0. The van der Waals surface area contributed by atoms with E-state index in [1.54, 1.807) is 36.0 Å². The standard InChI is InChI=1S/C28H28FN5O2S/c1-18(35)33-11-9-32(10-12-33)16-19-4-5-21-14-22(7-6-20(21)13-19)34-17-31-24-15-25(37-26(24)28(34)36)23-3-2-8-30-27(23)29/h2-5,8,13,15,17,22H,6-7,9-12,14,16H2,1H3/t22-/m0/s1. The number of benzene rings is 1. The highest BCUT2D eigenvalue weighted by atomic mass is 32.1. The zero-order chi connectivity index (χ0) is 25.5. The second-order valence-corrected chi connectivity index (χ2v) is 11.0. The van der Waals surface area contributed by atoms with Gasteiger partial charge in [-0.2, -0.15) is 4.39 Å². The van der Waals surface area contributed by atoms with Gasteiger partial charge in [0.15, 0.2) is 0 Å². The van der Waals surface area contributed by atoms with Crippen molar-refractivity contribution in [2.24, 2.45) is 0 Å². The summed E-state index contributed by atoms with van der Waals surface area (Å²) in [5.41, 5.74) is 4.83. The van der Waals surface area contributed by atoms with Crippen LogP contribution in [0.25, 0.3) is 20.7 Å². The maximum absolute atomic E-state index is 14.2. The van der Waals surface area contributed by atoms with Crippen LogP contribution in [0.15, 0.2) is 53.7 Å². The largest absolute Gasteiger partial charge is 0.340 e. The topological polar surface area (TPSA) is 71.3 Å². The molecule has 1 aliphatic carbocycles. The summed E-state index contributed by atoms with van der Waals surface area (Å²) in [7, 11) is 0. The van der Waals surface area contributed by atoms with Crippen LogP contribution in [0.5, 0.6) is 0 Å². The molecule has 0 saturated carbocycles. The van der Waals surface area contributed by atoms with Gasteiger partial charge >= 0.3 is 0 Å². The fourth-order valence-electron chi connectivity index (χ4n) is 5.49. The van der Waals surface area contributed by atoms with Crippen LogP contribution in [0.1, 0.15) is 36.1 Å². The van der Waals surface area contributed by atoms with E-state index >= 15 is 0 Å². The predicted molar refractivity (Wildman–Crippen MR) is 142 cm³/mol. The van der Waals surface area contributed by atoms with Crippen molar-refractivity contribution in [1.29, 1.82) is 0 Å². The van der Waals surface area contributed by atoms with E-state index < -0.39 is 5.95 Å². The van der Waals surface area contributed by atoms with E-state index in [1.165, 1.54) is 34.2 Å². The summed E-state index contributed by atoms with van der Waals surface area (Å²) < 4.78 is 16.5. The number of hydrogen-bond donors (Lipinski definition) is 0. The Labute approximate surface area is 218 Å². The van der Waals surface area contributed by atoms with Gasteiger partial charge in [0.25, 0.3) is 5.56 Å². The Hall–Kier alpha value is -3.43. The number of thiophene rings is 1. The first-order valence-electron chi connectivity index (χ1n) is 12.7. The molecule has 0 bridgehead atoms. The van der Waals surface area contributed by atoms with Gasteiger partial charge in [-0.3, -0.25) is 19.1 Å². The van der Waals surface area contributed by atoms with Crippen LogP contribution < -0.4 is 5.56 Å². The van der Waals surface area contributed by atoms with Crippen molar-refractivity contribution in [3.63, 3.8) is 0 Å². The normalized spacial score (nSPS) is 18.2. The lowest BCUT2D eigenvalue weighted by Gasteiger charge is -2.34. The average molecular weight is 518 g/mol. The van der Waals surface area contributed by atoms with E-state index in [0.29, 0.717) is 20.7 Å². The van der Waals surface area contributed by atoms with E-state index in [4.69, 9.17) is 0 Å². The summed E-state index contributed by atoms with van der Waals surface area (Å²) >= 11 is 1.27. The lowest BCUT2D eigenvalue weighted by Crippen LogP contribution is -2.47. The number of piperazine rings is 1. The van der Waals surface area contributed by atoms with E-state index in [2.05, 4.69) is 33.1 Å². The molecule has 190 valence electrons. The number of fused-ring (bicyclic) bond motifs is 2. The van der Waals surface area contributed by atoms with E-state index in [-0.39, 0.29) is 17.5 Å². The van der Waals surface area contributed by atoms with Gasteiger partial charge in [-0.25, -0.2) is 9.97 Å². The van der Waals surface area contributed by atoms with Crippen LogP contribution >= 0.6 is 11.3 Å². The van der Waals surface area contributed by atoms with Gasteiger partial charge in [0.1, 0.15) is 4.70 Å². The number of hydrogen-bond acceptors (Lipinski definition) is 6. The SMILES string of the molecule is CC(=O)N1CCN(Cc2ccc3c(c2)CC[C@H](n2cnc4cc(-c5cccnc5F)sc4c2=O)C3)CC1. The van der Waals surface area contributed by atoms with Crippen molar-refractivity contribution in [3.8, 4) is 10.4 Å². The summed E-state index contributed by atoms with van der Waals surface area (Å²) in [6.07, 6.45) is 5.63. The molecule has 1 aromatic carbocycles. The monoisotopic (exact) mass is 517 g/mol. The van der Waals surface area contributed by atoms with Gasteiger partial charge in [-0.1, -0.05) is 18.2 Å². The molecule has 1 atom stereocenters.